The minimum absolute atomic E-state index is 0.0876. The van der Waals surface area contributed by atoms with E-state index in [2.05, 4.69) is 13.8 Å². The fraction of sp³-hybridized carbons (Fsp3) is 0.846. The van der Waals surface area contributed by atoms with Crippen molar-refractivity contribution in [1.29, 1.82) is 0 Å². The fourth-order valence-corrected chi connectivity index (χ4v) is 2.74. The van der Waals surface area contributed by atoms with Crippen LogP contribution in [0.15, 0.2) is 0 Å². The third kappa shape index (κ3) is 2.60. The number of hydrogen-bond acceptors (Lipinski definition) is 2. The molecule has 0 unspecified atom stereocenters. The van der Waals surface area contributed by atoms with E-state index < -0.39 is 12.0 Å². The number of rotatable bonds is 1. The van der Waals surface area contributed by atoms with Gasteiger partial charge in [0.25, 0.3) is 0 Å². The van der Waals surface area contributed by atoms with Crippen molar-refractivity contribution in [1.82, 2.24) is 9.80 Å². The van der Waals surface area contributed by atoms with Crippen LogP contribution < -0.4 is 0 Å². The summed E-state index contributed by atoms with van der Waals surface area (Å²) in [5, 5.41) is 9.10. The molecule has 0 saturated carbocycles. The zero-order valence-electron chi connectivity index (χ0n) is 11.2. The first-order chi connectivity index (χ1) is 8.41. The SMILES string of the molecule is CC1(C)CCN(C(=O)N2CCC[C@@H]2C(=O)O)CC1. The summed E-state index contributed by atoms with van der Waals surface area (Å²) in [4.78, 5) is 26.7. The average Bonchev–Trinajstić information content (AvgIpc) is 2.77. The molecule has 5 nitrogen and oxygen atoms in total. The van der Waals surface area contributed by atoms with Crippen LogP contribution in [-0.2, 0) is 4.79 Å². The van der Waals surface area contributed by atoms with Crippen LogP contribution >= 0.6 is 0 Å². The Morgan fingerprint density at radius 3 is 2.33 bits per heavy atom. The van der Waals surface area contributed by atoms with E-state index in [9.17, 15) is 9.59 Å². The van der Waals surface area contributed by atoms with Crippen LogP contribution in [0, 0.1) is 5.41 Å². The highest BCUT2D eigenvalue weighted by atomic mass is 16.4. The van der Waals surface area contributed by atoms with Crippen molar-refractivity contribution in [3.05, 3.63) is 0 Å². The topological polar surface area (TPSA) is 60.9 Å². The van der Waals surface area contributed by atoms with Gasteiger partial charge in [0.2, 0.25) is 0 Å². The Kier molecular flexibility index (Phi) is 3.50. The summed E-state index contributed by atoms with van der Waals surface area (Å²) >= 11 is 0. The molecule has 2 aliphatic rings. The van der Waals surface area contributed by atoms with E-state index in [1.807, 2.05) is 4.90 Å². The summed E-state index contributed by atoms with van der Waals surface area (Å²) in [6, 6.07) is -0.706. The molecular formula is C13H22N2O3. The molecule has 18 heavy (non-hydrogen) atoms. The van der Waals surface area contributed by atoms with Crippen molar-refractivity contribution in [2.45, 2.75) is 45.6 Å². The molecule has 0 aliphatic carbocycles. The van der Waals surface area contributed by atoms with Crippen LogP contribution in [0.5, 0.6) is 0 Å². The van der Waals surface area contributed by atoms with E-state index in [4.69, 9.17) is 5.11 Å². The molecule has 0 aromatic carbocycles. The highest BCUT2D eigenvalue weighted by molar-refractivity contribution is 5.83. The van der Waals surface area contributed by atoms with Gasteiger partial charge in [-0.2, -0.15) is 0 Å². The smallest absolute Gasteiger partial charge is 0.326 e. The molecule has 1 N–H and O–H groups in total. The molecule has 0 aromatic heterocycles. The molecule has 2 heterocycles. The van der Waals surface area contributed by atoms with Crippen molar-refractivity contribution >= 4 is 12.0 Å². The monoisotopic (exact) mass is 254 g/mol. The summed E-state index contributed by atoms with van der Waals surface area (Å²) in [5.41, 5.74) is 0.300. The maximum Gasteiger partial charge on any atom is 0.326 e. The third-order valence-corrected chi connectivity index (χ3v) is 4.17. The Bertz CT molecular complexity index is 344. The van der Waals surface area contributed by atoms with Crippen molar-refractivity contribution in [3.63, 3.8) is 0 Å². The molecule has 2 amide bonds. The van der Waals surface area contributed by atoms with Gasteiger partial charge in [-0.3, -0.25) is 0 Å². The van der Waals surface area contributed by atoms with Gasteiger partial charge in [0, 0.05) is 19.6 Å². The van der Waals surface area contributed by atoms with Gasteiger partial charge in [0.15, 0.2) is 0 Å². The number of carbonyl (C=O) groups is 2. The molecule has 0 bridgehead atoms. The van der Waals surface area contributed by atoms with Crippen molar-refractivity contribution in [2.24, 2.45) is 5.41 Å². The largest absolute Gasteiger partial charge is 0.480 e. The van der Waals surface area contributed by atoms with Gasteiger partial charge in [0.05, 0.1) is 0 Å². The maximum atomic E-state index is 12.3. The molecule has 2 fully saturated rings. The maximum absolute atomic E-state index is 12.3. The molecule has 102 valence electrons. The Morgan fingerprint density at radius 1 is 1.17 bits per heavy atom. The van der Waals surface area contributed by atoms with E-state index in [0.717, 1.165) is 32.4 Å². The number of carbonyl (C=O) groups excluding carboxylic acids is 1. The predicted molar refractivity (Wildman–Crippen MR) is 67.3 cm³/mol. The Morgan fingerprint density at radius 2 is 1.78 bits per heavy atom. The number of hydrogen-bond donors (Lipinski definition) is 1. The first-order valence-corrected chi connectivity index (χ1v) is 6.69. The second-order valence-corrected chi connectivity index (χ2v) is 6.12. The van der Waals surface area contributed by atoms with E-state index in [-0.39, 0.29) is 6.03 Å². The van der Waals surface area contributed by atoms with Crippen LogP contribution in [0.1, 0.15) is 39.5 Å². The molecule has 2 saturated heterocycles. The lowest BCUT2D eigenvalue weighted by molar-refractivity contribution is -0.141. The fourth-order valence-electron chi connectivity index (χ4n) is 2.74. The summed E-state index contributed by atoms with van der Waals surface area (Å²) in [7, 11) is 0. The third-order valence-electron chi connectivity index (χ3n) is 4.17. The number of amides is 2. The van der Waals surface area contributed by atoms with Crippen LogP contribution in [0.2, 0.25) is 0 Å². The number of carboxylic acid groups (broad SMARTS) is 1. The number of carboxylic acids is 1. The first kappa shape index (κ1) is 13.2. The van der Waals surface area contributed by atoms with Crippen molar-refractivity contribution in [3.8, 4) is 0 Å². The molecule has 1 atom stereocenters. The minimum Gasteiger partial charge on any atom is -0.480 e. The van der Waals surface area contributed by atoms with Crippen LogP contribution in [0.3, 0.4) is 0 Å². The first-order valence-electron chi connectivity index (χ1n) is 6.69. The van der Waals surface area contributed by atoms with Crippen molar-refractivity contribution < 1.29 is 14.7 Å². The molecular weight excluding hydrogens is 232 g/mol. The Hall–Kier alpha value is -1.26. The molecule has 5 heteroatoms. The minimum atomic E-state index is -0.877. The molecule has 0 spiro atoms. The Balaban J connectivity index is 1.97. The lowest BCUT2D eigenvalue weighted by Gasteiger charge is -2.39. The summed E-state index contributed by atoms with van der Waals surface area (Å²) in [5.74, 6) is -0.877. The van der Waals surface area contributed by atoms with Gasteiger partial charge < -0.3 is 14.9 Å². The van der Waals surface area contributed by atoms with Gasteiger partial charge in [-0.25, -0.2) is 9.59 Å². The zero-order valence-corrected chi connectivity index (χ0v) is 11.2. The van der Waals surface area contributed by atoms with Gasteiger partial charge in [-0.1, -0.05) is 13.8 Å². The average molecular weight is 254 g/mol. The van der Waals surface area contributed by atoms with Gasteiger partial charge >= 0.3 is 12.0 Å². The second-order valence-electron chi connectivity index (χ2n) is 6.12. The lowest BCUT2D eigenvalue weighted by atomic mass is 9.83. The summed E-state index contributed by atoms with van der Waals surface area (Å²) < 4.78 is 0. The van der Waals surface area contributed by atoms with Gasteiger partial charge in [0.1, 0.15) is 6.04 Å². The lowest BCUT2D eigenvalue weighted by Crippen LogP contribution is -2.51. The number of nitrogens with zero attached hydrogens (tertiary/aromatic N) is 2. The zero-order chi connectivity index (χ0) is 13.3. The quantitative estimate of drug-likeness (QED) is 0.776. The standard InChI is InChI=1S/C13H22N2O3/c1-13(2)5-8-14(9-6-13)12(18)15-7-3-4-10(15)11(16)17/h10H,3-9H2,1-2H3,(H,16,17)/t10-/m1/s1. The molecule has 2 aliphatic heterocycles. The second kappa shape index (κ2) is 4.78. The van der Waals surface area contributed by atoms with E-state index in [1.165, 1.54) is 4.90 Å². The van der Waals surface area contributed by atoms with Gasteiger partial charge in [-0.05, 0) is 31.1 Å². The normalized spacial score (nSPS) is 27.3. The summed E-state index contributed by atoms with van der Waals surface area (Å²) in [6.07, 6.45) is 3.36. The summed E-state index contributed by atoms with van der Waals surface area (Å²) in [6.45, 7) is 6.49. The molecule has 2 rings (SSSR count). The van der Waals surface area contributed by atoms with E-state index in [1.54, 1.807) is 0 Å². The molecule has 0 radical (unpaired) electrons. The van der Waals surface area contributed by atoms with Crippen LogP contribution in [0.4, 0.5) is 4.79 Å². The highest BCUT2D eigenvalue weighted by Gasteiger charge is 2.37. The van der Waals surface area contributed by atoms with Crippen molar-refractivity contribution in [2.75, 3.05) is 19.6 Å². The van der Waals surface area contributed by atoms with E-state index in [0.29, 0.717) is 18.4 Å². The number of aliphatic carboxylic acids is 1. The number of urea groups is 1. The number of likely N-dealkylation sites (tertiary alicyclic amines) is 2. The van der Waals surface area contributed by atoms with Crippen LogP contribution in [0.25, 0.3) is 0 Å². The van der Waals surface area contributed by atoms with Gasteiger partial charge in [-0.15, -0.1) is 0 Å². The number of piperidine rings is 1. The van der Waals surface area contributed by atoms with Crippen LogP contribution in [-0.4, -0.2) is 52.6 Å². The Labute approximate surface area is 108 Å². The highest BCUT2D eigenvalue weighted by Crippen LogP contribution is 2.31. The predicted octanol–water partition coefficient (Wildman–Crippen LogP) is 1.78. The molecule has 0 aromatic rings. The van der Waals surface area contributed by atoms with E-state index >= 15 is 0 Å².